The van der Waals surface area contributed by atoms with Crippen LogP contribution in [0.4, 0.5) is 0 Å². The van der Waals surface area contributed by atoms with Crippen molar-refractivity contribution >= 4 is 28.7 Å². The minimum Gasteiger partial charge on any atom is -0.480 e. The Morgan fingerprint density at radius 2 is 1.77 bits per heavy atom. The summed E-state index contributed by atoms with van der Waals surface area (Å²) in [6, 6.07) is 4.83. The number of benzene rings is 1. The molecule has 0 saturated carbocycles. The van der Waals surface area contributed by atoms with E-state index in [1.54, 1.807) is 6.20 Å². The van der Waals surface area contributed by atoms with Crippen LogP contribution in [0.25, 0.3) is 10.9 Å². The van der Waals surface area contributed by atoms with Gasteiger partial charge in [-0.2, -0.15) is 0 Å². The molecule has 0 spiro atoms. The molecule has 2 aromatic rings. The predicted molar refractivity (Wildman–Crippen MR) is 116 cm³/mol. The summed E-state index contributed by atoms with van der Waals surface area (Å²) < 4.78 is 0. The molecule has 164 valence electrons. The third-order valence-electron chi connectivity index (χ3n) is 5.53. The van der Waals surface area contributed by atoms with Gasteiger partial charge in [0, 0.05) is 23.5 Å². The SMILES string of the molecule is CCC(C)C(NC(=O)C(N)C(C)C)C(=O)NC(Cc1c[nH]c2ccccc12)C(=O)O. The zero-order valence-electron chi connectivity index (χ0n) is 17.9. The number of amides is 2. The lowest BCUT2D eigenvalue weighted by Crippen LogP contribution is -2.57. The molecule has 2 amide bonds. The Morgan fingerprint density at radius 1 is 1.10 bits per heavy atom. The Labute approximate surface area is 176 Å². The van der Waals surface area contributed by atoms with E-state index in [4.69, 9.17) is 5.73 Å². The van der Waals surface area contributed by atoms with Crippen molar-refractivity contribution in [2.75, 3.05) is 0 Å². The molecule has 30 heavy (non-hydrogen) atoms. The summed E-state index contributed by atoms with van der Waals surface area (Å²) in [4.78, 5) is 40.3. The topological polar surface area (TPSA) is 137 Å². The van der Waals surface area contributed by atoms with Gasteiger partial charge in [-0.15, -0.1) is 0 Å². The van der Waals surface area contributed by atoms with Crippen molar-refractivity contribution in [3.05, 3.63) is 36.0 Å². The van der Waals surface area contributed by atoms with E-state index in [2.05, 4.69) is 15.6 Å². The van der Waals surface area contributed by atoms with Crippen molar-refractivity contribution in [2.45, 2.75) is 58.7 Å². The molecule has 8 heteroatoms. The normalized spacial score (nSPS) is 15.4. The quantitative estimate of drug-likeness (QED) is 0.402. The summed E-state index contributed by atoms with van der Waals surface area (Å²) in [5.41, 5.74) is 7.60. The summed E-state index contributed by atoms with van der Waals surface area (Å²) in [5, 5.41) is 15.9. The Kier molecular flexibility index (Phi) is 8.00. The largest absolute Gasteiger partial charge is 0.480 e. The standard InChI is InChI=1S/C22H32N4O4/c1-5-13(4)19(26-20(27)18(23)12(2)3)21(28)25-17(22(29)30)10-14-11-24-16-9-7-6-8-15(14)16/h6-9,11-13,17-19,24H,5,10,23H2,1-4H3,(H,25,28)(H,26,27)(H,29,30). The number of fused-ring (bicyclic) bond motifs is 1. The van der Waals surface area contributed by atoms with E-state index < -0.39 is 35.9 Å². The summed E-state index contributed by atoms with van der Waals surface area (Å²) in [6.45, 7) is 7.38. The summed E-state index contributed by atoms with van der Waals surface area (Å²) in [6.07, 6.45) is 2.51. The predicted octanol–water partition coefficient (Wildman–Crippen LogP) is 1.79. The molecule has 0 aliphatic rings. The zero-order chi connectivity index (χ0) is 22.4. The Bertz CT molecular complexity index is 892. The fourth-order valence-electron chi connectivity index (χ4n) is 3.24. The van der Waals surface area contributed by atoms with E-state index in [1.165, 1.54) is 0 Å². The molecule has 4 atom stereocenters. The number of hydrogen-bond donors (Lipinski definition) is 5. The molecule has 0 fully saturated rings. The smallest absolute Gasteiger partial charge is 0.326 e. The lowest BCUT2D eigenvalue weighted by atomic mass is 9.96. The zero-order valence-corrected chi connectivity index (χ0v) is 17.9. The number of nitrogens with two attached hydrogens (primary N) is 1. The first-order chi connectivity index (χ1) is 14.1. The van der Waals surface area contributed by atoms with Gasteiger partial charge >= 0.3 is 5.97 Å². The van der Waals surface area contributed by atoms with E-state index in [-0.39, 0.29) is 18.3 Å². The molecule has 8 nitrogen and oxygen atoms in total. The third-order valence-corrected chi connectivity index (χ3v) is 5.53. The minimum atomic E-state index is -1.14. The number of nitrogens with one attached hydrogen (secondary N) is 3. The van der Waals surface area contributed by atoms with Crippen LogP contribution < -0.4 is 16.4 Å². The maximum absolute atomic E-state index is 12.9. The fourth-order valence-corrected chi connectivity index (χ4v) is 3.24. The molecule has 0 aliphatic heterocycles. The molecule has 0 radical (unpaired) electrons. The molecule has 0 saturated heterocycles. The number of carboxylic acids is 1. The van der Waals surface area contributed by atoms with Gasteiger partial charge in [0.2, 0.25) is 11.8 Å². The number of para-hydroxylation sites is 1. The Hall–Kier alpha value is -2.87. The molecule has 4 unspecified atom stereocenters. The van der Waals surface area contributed by atoms with Crippen LogP contribution in [-0.2, 0) is 20.8 Å². The minimum absolute atomic E-state index is 0.0840. The maximum Gasteiger partial charge on any atom is 0.326 e. The molecule has 1 heterocycles. The second kappa shape index (κ2) is 10.2. The van der Waals surface area contributed by atoms with Crippen LogP contribution in [0, 0.1) is 11.8 Å². The molecule has 1 aromatic carbocycles. The second-order valence-corrected chi connectivity index (χ2v) is 8.10. The lowest BCUT2D eigenvalue weighted by molar-refractivity contribution is -0.142. The molecule has 2 rings (SSSR count). The van der Waals surface area contributed by atoms with E-state index in [0.717, 1.165) is 16.5 Å². The van der Waals surface area contributed by atoms with Gasteiger partial charge in [-0.1, -0.05) is 52.3 Å². The van der Waals surface area contributed by atoms with Crippen LogP contribution in [0.2, 0.25) is 0 Å². The van der Waals surface area contributed by atoms with Gasteiger partial charge in [0.1, 0.15) is 12.1 Å². The van der Waals surface area contributed by atoms with Crippen molar-refractivity contribution in [2.24, 2.45) is 17.6 Å². The number of aromatic nitrogens is 1. The van der Waals surface area contributed by atoms with E-state index >= 15 is 0 Å². The van der Waals surface area contributed by atoms with Crippen molar-refractivity contribution < 1.29 is 19.5 Å². The molecule has 0 bridgehead atoms. The number of carbonyl (C=O) groups excluding carboxylic acids is 2. The number of H-pyrrole nitrogens is 1. The Balaban J connectivity index is 2.17. The van der Waals surface area contributed by atoms with Crippen molar-refractivity contribution in [1.29, 1.82) is 0 Å². The molecular weight excluding hydrogens is 384 g/mol. The van der Waals surface area contributed by atoms with Crippen LogP contribution in [0.3, 0.4) is 0 Å². The van der Waals surface area contributed by atoms with Crippen LogP contribution in [0.15, 0.2) is 30.5 Å². The van der Waals surface area contributed by atoms with Crippen molar-refractivity contribution in [3.63, 3.8) is 0 Å². The van der Waals surface area contributed by atoms with E-state index in [0.29, 0.717) is 6.42 Å². The van der Waals surface area contributed by atoms with Crippen LogP contribution in [-0.4, -0.2) is 46.0 Å². The highest BCUT2D eigenvalue weighted by atomic mass is 16.4. The monoisotopic (exact) mass is 416 g/mol. The maximum atomic E-state index is 12.9. The number of carbonyl (C=O) groups is 3. The first-order valence-electron chi connectivity index (χ1n) is 10.3. The molecule has 0 aliphatic carbocycles. The van der Waals surface area contributed by atoms with Gasteiger partial charge in [-0.3, -0.25) is 9.59 Å². The summed E-state index contributed by atoms with van der Waals surface area (Å²) in [5.74, 6) is -2.35. The van der Waals surface area contributed by atoms with Crippen LogP contribution in [0.5, 0.6) is 0 Å². The Morgan fingerprint density at radius 3 is 2.37 bits per heavy atom. The number of hydrogen-bond acceptors (Lipinski definition) is 4. The van der Waals surface area contributed by atoms with Gasteiger partial charge in [-0.25, -0.2) is 4.79 Å². The highest BCUT2D eigenvalue weighted by molar-refractivity contribution is 5.92. The van der Waals surface area contributed by atoms with E-state index in [9.17, 15) is 19.5 Å². The molecular formula is C22H32N4O4. The first-order valence-corrected chi connectivity index (χ1v) is 10.3. The van der Waals surface area contributed by atoms with Gasteiger partial charge in [0.25, 0.3) is 0 Å². The number of aromatic amines is 1. The highest BCUT2D eigenvalue weighted by Gasteiger charge is 2.31. The van der Waals surface area contributed by atoms with Gasteiger partial charge < -0.3 is 26.5 Å². The number of aliphatic carboxylic acids is 1. The van der Waals surface area contributed by atoms with Crippen molar-refractivity contribution in [1.82, 2.24) is 15.6 Å². The number of carboxylic acid groups (broad SMARTS) is 1. The summed E-state index contributed by atoms with van der Waals surface area (Å²) >= 11 is 0. The second-order valence-electron chi connectivity index (χ2n) is 8.10. The van der Waals surface area contributed by atoms with E-state index in [1.807, 2.05) is 52.0 Å². The summed E-state index contributed by atoms with van der Waals surface area (Å²) in [7, 11) is 0. The van der Waals surface area contributed by atoms with Crippen LogP contribution in [0.1, 0.15) is 39.7 Å². The average molecular weight is 417 g/mol. The average Bonchev–Trinajstić information content (AvgIpc) is 3.12. The lowest BCUT2D eigenvalue weighted by Gasteiger charge is -2.27. The van der Waals surface area contributed by atoms with Crippen molar-refractivity contribution in [3.8, 4) is 0 Å². The molecule has 6 N–H and O–H groups in total. The highest BCUT2D eigenvalue weighted by Crippen LogP contribution is 2.19. The van der Waals surface area contributed by atoms with Gasteiger partial charge in [0.05, 0.1) is 6.04 Å². The fraction of sp³-hybridized carbons (Fsp3) is 0.500. The van der Waals surface area contributed by atoms with Gasteiger partial charge in [-0.05, 0) is 23.5 Å². The molecule has 1 aromatic heterocycles. The number of rotatable bonds is 10. The van der Waals surface area contributed by atoms with Gasteiger partial charge in [0.15, 0.2) is 0 Å². The van der Waals surface area contributed by atoms with Crippen LogP contribution >= 0.6 is 0 Å². The third kappa shape index (κ3) is 5.60. The first kappa shape index (κ1) is 23.4.